The Morgan fingerprint density at radius 2 is 0.821 bits per heavy atom. The van der Waals surface area contributed by atoms with Gasteiger partial charge in [-0.25, -0.2) is 7.86 Å². The van der Waals surface area contributed by atoms with Crippen LogP contribution in [-0.4, -0.2) is 47.7 Å². The second-order valence-corrected chi connectivity index (χ2v) is 16.0. The van der Waals surface area contributed by atoms with Gasteiger partial charge in [0, 0.05) is 12.1 Å². The third-order valence-electron chi connectivity index (χ3n) is 8.20. The third-order valence-corrected chi connectivity index (χ3v) is 12.6. The van der Waals surface area contributed by atoms with Crippen LogP contribution in [0.25, 0.3) is 43.9 Å². The zero-order valence-electron chi connectivity index (χ0n) is 26.6. The molecule has 2 aromatic heterocycles. The Morgan fingerprint density at radius 1 is 0.464 bits per heavy atom. The molecule has 0 N–H and O–H groups in total. The first-order valence-electron chi connectivity index (χ1n) is 14.9. The lowest BCUT2D eigenvalue weighted by atomic mass is 9.91. The minimum Gasteiger partial charge on any atom is -0.456 e. The van der Waals surface area contributed by atoms with Crippen LogP contribution in [0.2, 0.25) is 0 Å². The van der Waals surface area contributed by atoms with Crippen molar-refractivity contribution in [3.8, 4) is 0 Å². The maximum Gasteiger partial charge on any atom is 0.460 e. The fourth-order valence-electron chi connectivity index (χ4n) is 5.19. The third kappa shape index (κ3) is 5.83. The monoisotopic (exact) mass is 930 g/mol. The number of para-hydroxylation sites is 2. The molecule has 0 bridgehead atoms. The standard InChI is InChI=1S/C34H14F15IO6/c35-28(36,29(37,38)30(39,40)31(41,42)32(43,44)33(45,46)34(47,48)49)27(53)56-50(15-9-11-23-19(13-15)25(51)17-5-1-3-7-21(17)54-23)16-10-12-24-20(14-16)26(52)18-6-2-4-8-22(18)55-24/h1-14H/q+1. The molecule has 2 heterocycles. The summed E-state index contributed by atoms with van der Waals surface area (Å²) in [6.07, 6.45) is -7.81. The highest BCUT2D eigenvalue weighted by Crippen LogP contribution is 2.62. The Hall–Kier alpha value is -5.03. The summed E-state index contributed by atoms with van der Waals surface area (Å²) in [5.41, 5.74) is -1.97. The molecular weight excluding hydrogens is 916 g/mol. The second-order valence-electron chi connectivity index (χ2n) is 11.7. The van der Waals surface area contributed by atoms with Gasteiger partial charge in [0.25, 0.3) is 0 Å². The first kappa shape index (κ1) is 40.6. The maximum absolute atomic E-state index is 15.1. The van der Waals surface area contributed by atoms with E-state index in [4.69, 9.17) is 8.83 Å². The van der Waals surface area contributed by atoms with Crippen molar-refractivity contribution in [3.05, 3.63) is 113 Å². The number of halogens is 16. The number of fused-ring (bicyclic) bond motifs is 4. The average molecular weight is 930 g/mol. The Bertz CT molecular complexity index is 2540. The van der Waals surface area contributed by atoms with Crippen molar-refractivity contribution in [2.45, 2.75) is 41.7 Å². The number of carbonyl (C=O) groups is 1. The van der Waals surface area contributed by atoms with E-state index in [1.54, 1.807) is 0 Å². The molecule has 56 heavy (non-hydrogen) atoms. The van der Waals surface area contributed by atoms with Crippen molar-refractivity contribution in [2.75, 3.05) is 0 Å². The minimum absolute atomic E-state index is 0.0335. The molecule has 0 amide bonds. The second kappa shape index (κ2) is 13.0. The van der Waals surface area contributed by atoms with Crippen LogP contribution < -0.4 is 31.1 Å². The van der Waals surface area contributed by atoms with E-state index < -0.39 is 85.9 Å². The molecule has 6 nitrogen and oxygen atoms in total. The first-order valence-corrected chi connectivity index (χ1v) is 17.9. The summed E-state index contributed by atoms with van der Waals surface area (Å²) in [5, 5.41) is -0.928. The van der Waals surface area contributed by atoms with Gasteiger partial charge in [0.15, 0.2) is 7.14 Å². The molecule has 0 spiro atoms. The van der Waals surface area contributed by atoms with Gasteiger partial charge < -0.3 is 8.83 Å². The molecular formula is C34H14F15IO6+. The van der Waals surface area contributed by atoms with Crippen molar-refractivity contribution in [2.24, 2.45) is 0 Å². The van der Waals surface area contributed by atoms with Gasteiger partial charge in [0.2, 0.25) is 10.9 Å². The molecule has 0 aliphatic carbocycles. The molecule has 0 fully saturated rings. The summed E-state index contributed by atoms with van der Waals surface area (Å²) in [7, 11) is 0. The van der Waals surface area contributed by atoms with Crippen LogP contribution in [0, 0.1) is 7.14 Å². The summed E-state index contributed by atoms with van der Waals surface area (Å²) >= 11 is -4.87. The largest absolute Gasteiger partial charge is 0.460 e. The number of hydrogen-bond donors (Lipinski definition) is 0. The van der Waals surface area contributed by atoms with Gasteiger partial charge in [-0.2, -0.15) is 65.9 Å². The van der Waals surface area contributed by atoms with Crippen LogP contribution in [0.5, 0.6) is 0 Å². The summed E-state index contributed by atoms with van der Waals surface area (Å²) in [4.78, 5) is 39.4. The molecule has 0 aliphatic rings. The fourth-order valence-corrected chi connectivity index (χ4v) is 9.30. The Kier molecular flexibility index (Phi) is 9.44. The molecule has 297 valence electrons. The SMILES string of the molecule is O=C(O[I+](c1ccc2oc3ccccc3c(=O)c2c1)c1ccc2oc3ccccc3c(=O)c2c1)C(F)(F)C(F)(F)C(F)(F)C(F)(F)C(F)(F)C(F)(F)C(F)(F)F. The summed E-state index contributed by atoms with van der Waals surface area (Å²) in [5.74, 6) is -53.3. The summed E-state index contributed by atoms with van der Waals surface area (Å²) < 4.78 is 224. The van der Waals surface area contributed by atoms with E-state index in [0.29, 0.717) is 0 Å². The van der Waals surface area contributed by atoms with Crippen molar-refractivity contribution in [1.82, 2.24) is 0 Å². The molecule has 0 unspecified atom stereocenters. The summed E-state index contributed by atoms with van der Waals surface area (Å²) in [6, 6.07) is 16.5. The van der Waals surface area contributed by atoms with Gasteiger partial charge in [-0.15, -0.1) is 0 Å². The molecule has 0 saturated heterocycles. The number of rotatable bonds is 9. The van der Waals surface area contributed by atoms with Crippen LogP contribution in [0.4, 0.5) is 65.9 Å². The highest BCUT2D eigenvalue weighted by atomic mass is 127. The Balaban J connectivity index is 1.50. The molecule has 6 rings (SSSR count). The highest BCUT2D eigenvalue weighted by molar-refractivity contribution is 5.90. The number of alkyl halides is 15. The van der Waals surface area contributed by atoms with E-state index >= 15 is 8.78 Å². The molecule has 0 saturated carbocycles. The van der Waals surface area contributed by atoms with Crippen LogP contribution >= 0.6 is 0 Å². The highest BCUT2D eigenvalue weighted by Gasteiger charge is 2.94. The van der Waals surface area contributed by atoms with Crippen LogP contribution in [-0.2, 0) is 7.86 Å². The smallest absolute Gasteiger partial charge is 0.456 e. The lowest BCUT2D eigenvalue weighted by Gasteiger charge is -2.40. The van der Waals surface area contributed by atoms with Gasteiger partial charge in [-0.1, -0.05) is 24.3 Å². The van der Waals surface area contributed by atoms with Gasteiger partial charge in [0.05, 0.1) is 21.5 Å². The number of carbonyl (C=O) groups excluding carboxylic acids is 1. The Morgan fingerprint density at radius 3 is 1.23 bits per heavy atom. The van der Waals surface area contributed by atoms with E-state index in [-0.39, 0.29) is 43.9 Å². The summed E-state index contributed by atoms with van der Waals surface area (Å²) in [6.45, 7) is 0. The van der Waals surface area contributed by atoms with Gasteiger partial charge in [0.1, 0.15) is 22.3 Å². The molecule has 22 heteroatoms. The van der Waals surface area contributed by atoms with E-state index in [2.05, 4.69) is 3.07 Å². The molecule has 0 aliphatic heterocycles. The van der Waals surface area contributed by atoms with Crippen molar-refractivity contribution in [1.29, 1.82) is 0 Å². The van der Waals surface area contributed by atoms with Crippen molar-refractivity contribution < 1.29 is 103 Å². The van der Waals surface area contributed by atoms with Gasteiger partial charge in [-0.3, -0.25) is 9.59 Å². The lowest BCUT2D eigenvalue weighted by molar-refractivity contribution is -1.04. The van der Waals surface area contributed by atoms with E-state index in [1.807, 2.05) is 0 Å². The normalized spacial score (nSPS) is 14.0. The van der Waals surface area contributed by atoms with Crippen LogP contribution in [0.3, 0.4) is 0 Å². The molecule has 0 atom stereocenters. The zero-order valence-corrected chi connectivity index (χ0v) is 28.7. The van der Waals surface area contributed by atoms with E-state index in [9.17, 15) is 71.5 Å². The molecule has 4 aromatic carbocycles. The minimum atomic E-state index is -8.63. The maximum atomic E-state index is 15.1. The van der Waals surface area contributed by atoms with Gasteiger partial charge >= 0.3 is 67.9 Å². The number of benzene rings is 4. The van der Waals surface area contributed by atoms with E-state index in [1.165, 1.54) is 48.5 Å². The predicted octanol–water partition coefficient (Wildman–Crippen LogP) is 6.70. The van der Waals surface area contributed by atoms with Crippen LogP contribution in [0.1, 0.15) is 0 Å². The van der Waals surface area contributed by atoms with E-state index in [0.717, 1.165) is 36.4 Å². The predicted molar refractivity (Wildman–Crippen MR) is 159 cm³/mol. The molecule has 1 radical (unpaired) electrons. The Labute approximate surface area is 306 Å². The van der Waals surface area contributed by atoms with Crippen molar-refractivity contribution >= 4 is 49.8 Å². The fraction of sp³-hybridized carbons (Fsp3) is 0.206. The zero-order chi connectivity index (χ0) is 41.6. The average Bonchev–Trinajstić information content (AvgIpc) is 3.13. The quantitative estimate of drug-likeness (QED) is 0.0913. The first-order chi connectivity index (χ1) is 25.7. The van der Waals surface area contributed by atoms with Gasteiger partial charge in [-0.05, 0) is 48.5 Å². The van der Waals surface area contributed by atoms with Crippen LogP contribution in [0.15, 0.2) is 103 Å². The number of hydrogen-bond acceptors (Lipinski definition) is 6. The van der Waals surface area contributed by atoms with Crippen molar-refractivity contribution in [3.63, 3.8) is 0 Å². The molecule has 6 aromatic rings. The lowest BCUT2D eigenvalue weighted by Crippen LogP contribution is -3.85. The topological polar surface area (TPSA) is 86.7 Å².